The topological polar surface area (TPSA) is 76.7 Å². The Labute approximate surface area is 115 Å². The molecule has 0 aromatic heterocycles. The molecule has 0 aromatic carbocycles. The summed E-state index contributed by atoms with van der Waals surface area (Å²) in [6, 6.07) is -0.932. The molecular weight excluding hydrogens is 248 g/mol. The Bertz CT molecular complexity index is 282. The van der Waals surface area contributed by atoms with Crippen LogP contribution in [0.3, 0.4) is 0 Å². The van der Waals surface area contributed by atoms with E-state index in [-0.39, 0.29) is 17.8 Å². The zero-order valence-corrected chi connectivity index (χ0v) is 12.5. The van der Waals surface area contributed by atoms with Gasteiger partial charge in [-0.2, -0.15) is 0 Å². The van der Waals surface area contributed by atoms with E-state index >= 15 is 0 Å². The fourth-order valence-electron chi connectivity index (χ4n) is 1.59. The van der Waals surface area contributed by atoms with Crippen LogP contribution >= 0.6 is 0 Å². The van der Waals surface area contributed by atoms with Crippen molar-refractivity contribution in [1.29, 1.82) is 0 Å². The summed E-state index contributed by atoms with van der Waals surface area (Å²) in [6.07, 6.45) is 0.763. The molecule has 0 fully saturated rings. The molecule has 0 saturated carbocycles. The smallest absolute Gasteiger partial charge is 0.323 e. The van der Waals surface area contributed by atoms with Gasteiger partial charge in [0.15, 0.2) is 0 Å². The minimum Gasteiger partial charge on any atom is -0.468 e. The number of rotatable bonds is 9. The number of methoxy groups -OCH3 is 2. The van der Waals surface area contributed by atoms with Gasteiger partial charge in [0, 0.05) is 20.3 Å². The van der Waals surface area contributed by atoms with E-state index in [1.165, 1.54) is 7.11 Å². The van der Waals surface area contributed by atoms with Crippen LogP contribution in [0.15, 0.2) is 0 Å². The minimum absolute atomic E-state index is 0.0520. The van der Waals surface area contributed by atoms with Crippen molar-refractivity contribution in [3.8, 4) is 0 Å². The van der Waals surface area contributed by atoms with Crippen LogP contribution in [0.4, 0.5) is 0 Å². The lowest BCUT2D eigenvalue weighted by Gasteiger charge is -2.23. The number of carbonyl (C=O) groups excluding carboxylic acids is 2. The molecular formula is C13H26N2O4. The van der Waals surface area contributed by atoms with Crippen molar-refractivity contribution in [3.63, 3.8) is 0 Å². The van der Waals surface area contributed by atoms with E-state index < -0.39 is 12.1 Å². The summed E-state index contributed by atoms with van der Waals surface area (Å²) in [5.41, 5.74) is 0. The van der Waals surface area contributed by atoms with E-state index in [9.17, 15) is 9.59 Å². The van der Waals surface area contributed by atoms with Crippen molar-refractivity contribution in [2.75, 3.05) is 27.4 Å². The standard InChI is InChI=1S/C13H26N2O4/c1-9(2)11(13(17)19-5)15-10(3)12(16)14-7-6-8-18-4/h9-11,15H,6-8H2,1-5H3,(H,14,16). The lowest BCUT2D eigenvalue weighted by atomic mass is 10.0. The van der Waals surface area contributed by atoms with Crippen molar-refractivity contribution in [2.24, 2.45) is 5.92 Å². The second-order valence-corrected chi connectivity index (χ2v) is 4.77. The molecule has 6 nitrogen and oxygen atoms in total. The molecule has 0 spiro atoms. The third-order valence-electron chi connectivity index (χ3n) is 2.77. The Hall–Kier alpha value is -1.14. The van der Waals surface area contributed by atoms with Crippen molar-refractivity contribution >= 4 is 11.9 Å². The van der Waals surface area contributed by atoms with Crippen molar-refractivity contribution in [1.82, 2.24) is 10.6 Å². The van der Waals surface area contributed by atoms with Crippen LogP contribution in [-0.4, -0.2) is 51.3 Å². The Kier molecular flexibility index (Phi) is 9.16. The molecule has 0 saturated heterocycles. The fourth-order valence-corrected chi connectivity index (χ4v) is 1.59. The molecule has 0 aliphatic rings. The molecule has 0 aliphatic heterocycles. The van der Waals surface area contributed by atoms with E-state index in [0.717, 1.165) is 6.42 Å². The van der Waals surface area contributed by atoms with Crippen LogP contribution in [0.1, 0.15) is 27.2 Å². The highest BCUT2D eigenvalue weighted by molar-refractivity contribution is 5.83. The van der Waals surface area contributed by atoms with E-state index in [1.807, 2.05) is 13.8 Å². The lowest BCUT2D eigenvalue weighted by molar-refractivity contribution is -0.144. The van der Waals surface area contributed by atoms with Gasteiger partial charge in [-0.25, -0.2) is 0 Å². The Morgan fingerprint density at radius 1 is 1.16 bits per heavy atom. The summed E-state index contributed by atoms with van der Waals surface area (Å²) in [6.45, 7) is 6.70. The molecule has 0 rings (SSSR count). The predicted molar refractivity (Wildman–Crippen MR) is 72.7 cm³/mol. The van der Waals surface area contributed by atoms with Gasteiger partial charge >= 0.3 is 5.97 Å². The third-order valence-corrected chi connectivity index (χ3v) is 2.77. The van der Waals surface area contributed by atoms with Crippen LogP contribution in [0.5, 0.6) is 0 Å². The predicted octanol–water partition coefficient (Wildman–Crippen LogP) is 0.315. The van der Waals surface area contributed by atoms with Gasteiger partial charge in [-0.15, -0.1) is 0 Å². The fraction of sp³-hybridized carbons (Fsp3) is 0.846. The quantitative estimate of drug-likeness (QED) is 0.467. The number of hydrogen-bond acceptors (Lipinski definition) is 5. The van der Waals surface area contributed by atoms with Crippen LogP contribution < -0.4 is 10.6 Å². The molecule has 2 unspecified atom stereocenters. The van der Waals surface area contributed by atoms with Gasteiger partial charge in [0.25, 0.3) is 0 Å². The van der Waals surface area contributed by atoms with Crippen LogP contribution in [0, 0.1) is 5.92 Å². The van der Waals surface area contributed by atoms with Gasteiger partial charge in [-0.1, -0.05) is 13.8 Å². The summed E-state index contributed by atoms with van der Waals surface area (Å²) in [5.74, 6) is -0.434. The first-order valence-corrected chi connectivity index (χ1v) is 6.54. The summed E-state index contributed by atoms with van der Waals surface area (Å²) in [7, 11) is 2.96. The molecule has 0 bridgehead atoms. The van der Waals surface area contributed by atoms with Crippen molar-refractivity contribution in [2.45, 2.75) is 39.3 Å². The number of nitrogens with one attached hydrogen (secondary N) is 2. The highest BCUT2D eigenvalue weighted by Crippen LogP contribution is 2.04. The molecule has 0 aliphatic carbocycles. The first kappa shape index (κ1) is 17.9. The van der Waals surface area contributed by atoms with E-state index in [0.29, 0.717) is 13.2 Å². The zero-order valence-electron chi connectivity index (χ0n) is 12.5. The molecule has 6 heteroatoms. The number of carbonyl (C=O) groups is 2. The maximum absolute atomic E-state index is 11.8. The highest BCUT2D eigenvalue weighted by atomic mass is 16.5. The Morgan fingerprint density at radius 2 is 1.79 bits per heavy atom. The van der Waals surface area contributed by atoms with E-state index in [1.54, 1.807) is 14.0 Å². The van der Waals surface area contributed by atoms with Crippen molar-refractivity contribution < 1.29 is 19.1 Å². The normalized spacial score (nSPS) is 14.0. The maximum Gasteiger partial charge on any atom is 0.323 e. The summed E-state index contributed by atoms with van der Waals surface area (Å²) in [5, 5.41) is 5.77. The van der Waals surface area contributed by atoms with E-state index in [2.05, 4.69) is 10.6 Å². The number of ether oxygens (including phenoxy) is 2. The largest absolute Gasteiger partial charge is 0.468 e. The second-order valence-electron chi connectivity index (χ2n) is 4.77. The lowest BCUT2D eigenvalue weighted by Crippen LogP contribution is -2.51. The molecule has 2 N–H and O–H groups in total. The van der Waals surface area contributed by atoms with Crippen LogP contribution in [0.2, 0.25) is 0 Å². The van der Waals surface area contributed by atoms with Gasteiger partial charge in [0.1, 0.15) is 6.04 Å². The molecule has 1 amide bonds. The highest BCUT2D eigenvalue weighted by Gasteiger charge is 2.26. The molecule has 112 valence electrons. The zero-order chi connectivity index (χ0) is 14.8. The molecule has 0 radical (unpaired) electrons. The number of amides is 1. The summed E-state index contributed by atoms with van der Waals surface area (Å²) < 4.78 is 9.62. The SMILES string of the molecule is COCCCNC(=O)C(C)NC(C(=O)OC)C(C)C. The average molecular weight is 274 g/mol. The van der Waals surface area contributed by atoms with Crippen molar-refractivity contribution in [3.05, 3.63) is 0 Å². The van der Waals surface area contributed by atoms with E-state index in [4.69, 9.17) is 9.47 Å². The van der Waals surface area contributed by atoms with Gasteiger partial charge in [0.2, 0.25) is 5.91 Å². The molecule has 19 heavy (non-hydrogen) atoms. The van der Waals surface area contributed by atoms with Gasteiger partial charge in [0.05, 0.1) is 13.2 Å². The molecule has 2 atom stereocenters. The van der Waals surface area contributed by atoms with Gasteiger partial charge in [-0.05, 0) is 19.3 Å². The Morgan fingerprint density at radius 3 is 2.26 bits per heavy atom. The summed E-state index contributed by atoms with van der Waals surface area (Å²) >= 11 is 0. The first-order valence-electron chi connectivity index (χ1n) is 6.54. The molecule has 0 heterocycles. The number of esters is 1. The first-order chi connectivity index (χ1) is 8.93. The van der Waals surface area contributed by atoms with Gasteiger partial charge in [-0.3, -0.25) is 14.9 Å². The Balaban J connectivity index is 4.20. The summed E-state index contributed by atoms with van der Waals surface area (Å²) in [4.78, 5) is 23.4. The minimum atomic E-state index is -0.482. The van der Waals surface area contributed by atoms with Crippen LogP contribution in [0.25, 0.3) is 0 Å². The molecule has 0 aromatic rings. The third kappa shape index (κ3) is 7.12. The monoisotopic (exact) mass is 274 g/mol. The van der Waals surface area contributed by atoms with Gasteiger partial charge < -0.3 is 14.8 Å². The average Bonchev–Trinajstić information content (AvgIpc) is 2.39. The second kappa shape index (κ2) is 9.75. The number of hydrogen-bond donors (Lipinski definition) is 2. The maximum atomic E-state index is 11.8. The van der Waals surface area contributed by atoms with Crippen LogP contribution in [-0.2, 0) is 19.1 Å².